The van der Waals surface area contributed by atoms with Gasteiger partial charge in [-0.15, -0.1) is 5.56 Å². The van der Waals surface area contributed by atoms with Crippen molar-refractivity contribution in [2.45, 2.75) is 20.8 Å². The topological polar surface area (TPSA) is 17.1 Å². The Bertz CT molecular complexity index is 292. The normalized spacial score (nSPS) is 8.92. The van der Waals surface area contributed by atoms with E-state index in [9.17, 15) is 4.79 Å². The predicted octanol–water partition coefficient (Wildman–Crippen LogP) is 2.22. The van der Waals surface area contributed by atoms with Crippen LogP contribution in [0.2, 0.25) is 0 Å². The number of hydrogen-bond acceptors (Lipinski definition) is 1. The zero-order valence-corrected chi connectivity index (χ0v) is 10.5. The van der Waals surface area contributed by atoms with Gasteiger partial charge >= 0.3 is 0 Å². The van der Waals surface area contributed by atoms with E-state index in [1.54, 1.807) is 0 Å². The van der Waals surface area contributed by atoms with E-state index in [2.05, 4.69) is 6.07 Å². The van der Waals surface area contributed by atoms with Crippen molar-refractivity contribution in [3.8, 4) is 0 Å². The monoisotopic (exact) mass is 236 g/mol. The fourth-order valence-electron chi connectivity index (χ4n) is 1.11. The van der Waals surface area contributed by atoms with Crippen LogP contribution in [0.3, 0.4) is 0 Å². The van der Waals surface area contributed by atoms with Crippen LogP contribution in [-0.2, 0) is 32.7 Å². The molecular weight excluding hydrogens is 225 g/mol. The minimum Gasteiger partial charge on any atom is -0.300 e. The predicted molar refractivity (Wildman–Crippen MR) is 44.9 cm³/mol. The first kappa shape index (κ1) is 12.0. The van der Waals surface area contributed by atoms with Crippen LogP contribution in [0.15, 0.2) is 6.07 Å². The molecule has 1 nitrogen and oxygen atoms in total. The Morgan fingerprint density at radius 3 is 2.42 bits per heavy atom. The van der Waals surface area contributed by atoms with Crippen LogP contribution in [0.4, 0.5) is 0 Å². The molecule has 0 amide bonds. The molecule has 0 fully saturated rings. The summed E-state index contributed by atoms with van der Waals surface area (Å²) in [6, 6.07) is 5.01. The third-order valence-electron chi connectivity index (χ3n) is 1.88. The number of carbonyl (C=O) groups is 1. The molecule has 0 aromatic heterocycles. The van der Waals surface area contributed by atoms with Gasteiger partial charge in [-0.3, -0.25) is 0 Å². The summed E-state index contributed by atoms with van der Waals surface area (Å²) in [4.78, 5) is 10.5. The summed E-state index contributed by atoms with van der Waals surface area (Å²) in [7, 11) is 0. The Kier molecular flexibility index (Phi) is 4.88. The minimum atomic E-state index is 0. The molecule has 2 heteroatoms. The molecule has 0 aliphatic carbocycles. The summed E-state index contributed by atoms with van der Waals surface area (Å²) in [5, 5.41) is 0. The molecule has 1 aromatic rings. The largest absolute Gasteiger partial charge is 0.300 e. The van der Waals surface area contributed by atoms with E-state index in [0.717, 1.165) is 28.5 Å². The Balaban J connectivity index is 0.00000121. The summed E-state index contributed by atoms with van der Waals surface area (Å²) in [5.74, 6) is 0. The van der Waals surface area contributed by atoms with Gasteiger partial charge in [0.15, 0.2) is 0 Å². The number of hydrogen-bond donors (Lipinski definition) is 0. The second kappa shape index (κ2) is 4.88. The molecule has 0 aliphatic heterocycles. The van der Waals surface area contributed by atoms with Crippen molar-refractivity contribution in [1.29, 1.82) is 0 Å². The standard InChI is InChI=1S/C10H11O.Y/c1-7-4-8(2)9(3)10(5-7)6-11;/h5-6H,1-3H3;/q-1;. The molecule has 0 spiro atoms. The summed E-state index contributed by atoms with van der Waals surface area (Å²) in [6.45, 7) is 5.85. The smallest absolute Gasteiger partial charge is 0.126 e. The van der Waals surface area contributed by atoms with E-state index in [1.807, 2.05) is 26.8 Å². The zero-order chi connectivity index (χ0) is 8.43. The van der Waals surface area contributed by atoms with Gasteiger partial charge in [-0.25, -0.2) is 0 Å². The van der Waals surface area contributed by atoms with Crippen LogP contribution in [0.5, 0.6) is 0 Å². The molecule has 0 saturated carbocycles. The Labute approximate surface area is 98.4 Å². The van der Waals surface area contributed by atoms with Gasteiger partial charge in [0.25, 0.3) is 0 Å². The number of benzene rings is 1. The first-order valence-corrected chi connectivity index (χ1v) is 3.60. The van der Waals surface area contributed by atoms with E-state index in [0.29, 0.717) is 0 Å². The Morgan fingerprint density at radius 1 is 1.33 bits per heavy atom. The molecule has 0 aliphatic rings. The maximum absolute atomic E-state index is 10.5. The van der Waals surface area contributed by atoms with Crippen LogP contribution < -0.4 is 0 Å². The summed E-state index contributed by atoms with van der Waals surface area (Å²) < 4.78 is 0. The van der Waals surface area contributed by atoms with Crippen molar-refractivity contribution in [2.24, 2.45) is 0 Å². The molecular formula is C10H11OY-. The molecule has 12 heavy (non-hydrogen) atoms. The summed E-state index contributed by atoms with van der Waals surface area (Å²) in [5.41, 5.74) is 3.90. The third kappa shape index (κ3) is 2.50. The first-order chi connectivity index (χ1) is 5.15. The van der Waals surface area contributed by atoms with Crippen molar-refractivity contribution in [3.05, 3.63) is 34.4 Å². The van der Waals surface area contributed by atoms with E-state index in [1.165, 1.54) is 0 Å². The molecule has 61 valence electrons. The average Bonchev–Trinajstić information content (AvgIpc) is 1.96. The molecule has 0 bridgehead atoms. The molecule has 0 unspecified atom stereocenters. The van der Waals surface area contributed by atoms with Gasteiger partial charge in [0.1, 0.15) is 6.29 Å². The van der Waals surface area contributed by atoms with E-state index < -0.39 is 0 Å². The summed E-state index contributed by atoms with van der Waals surface area (Å²) in [6.07, 6.45) is 0.892. The van der Waals surface area contributed by atoms with Gasteiger partial charge in [-0.2, -0.15) is 23.3 Å². The Hall–Kier alpha value is -0.00610. The third-order valence-corrected chi connectivity index (χ3v) is 1.88. The van der Waals surface area contributed by atoms with Gasteiger partial charge in [-0.1, -0.05) is 26.3 Å². The van der Waals surface area contributed by atoms with Gasteiger partial charge in [0.05, 0.1) is 0 Å². The molecule has 0 atom stereocenters. The number of rotatable bonds is 1. The fraction of sp³-hybridized carbons (Fsp3) is 0.300. The van der Waals surface area contributed by atoms with Crippen molar-refractivity contribution in [1.82, 2.24) is 0 Å². The SMILES string of the molecule is Cc1[c-]c(C)c(C)c(C=O)c1.[Y]. The maximum Gasteiger partial charge on any atom is 0.126 e. The van der Waals surface area contributed by atoms with Crippen molar-refractivity contribution >= 4 is 6.29 Å². The van der Waals surface area contributed by atoms with Crippen LogP contribution in [0.1, 0.15) is 27.0 Å². The van der Waals surface area contributed by atoms with Crippen LogP contribution >= 0.6 is 0 Å². The van der Waals surface area contributed by atoms with Crippen molar-refractivity contribution in [3.63, 3.8) is 0 Å². The van der Waals surface area contributed by atoms with E-state index in [-0.39, 0.29) is 32.7 Å². The van der Waals surface area contributed by atoms with Crippen molar-refractivity contribution < 1.29 is 37.5 Å². The van der Waals surface area contributed by atoms with E-state index in [4.69, 9.17) is 0 Å². The molecule has 1 radical (unpaired) electrons. The van der Waals surface area contributed by atoms with Crippen molar-refractivity contribution in [2.75, 3.05) is 0 Å². The Morgan fingerprint density at radius 2 is 1.92 bits per heavy atom. The second-order valence-electron chi connectivity index (χ2n) is 2.78. The average molecular weight is 236 g/mol. The fourth-order valence-corrected chi connectivity index (χ4v) is 1.11. The molecule has 1 rings (SSSR count). The molecule has 0 N–H and O–H groups in total. The minimum absolute atomic E-state index is 0. The maximum atomic E-state index is 10.5. The summed E-state index contributed by atoms with van der Waals surface area (Å²) >= 11 is 0. The van der Waals surface area contributed by atoms with Crippen LogP contribution in [0.25, 0.3) is 0 Å². The van der Waals surface area contributed by atoms with E-state index >= 15 is 0 Å². The zero-order valence-electron chi connectivity index (χ0n) is 7.64. The number of aldehydes is 1. The van der Waals surface area contributed by atoms with Crippen LogP contribution in [-0.4, -0.2) is 6.29 Å². The molecule has 0 heterocycles. The quantitative estimate of drug-likeness (QED) is 0.539. The number of carbonyl (C=O) groups excluding carboxylic acids is 1. The van der Waals surface area contributed by atoms with Gasteiger partial charge in [0, 0.05) is 32.7 Å². The van der Waals surface area contributed by atoms with Gasteiger partial charge in [0.2, 0.25) is 0 Å². The number of aryl methyl sites for hydroxylation is 2. The van der Waals surface area contributed by atoms with Gasteiger partial charge in [-0.05, 0) is 0 Å². The van der Waals surface area contributed by atoms with Gasteiger partial charge < -0.3 is 4.79 Å². The molecule has 1 aromatic carbocycles. The van der Waals surface area contributed by atoms with Crippen LogP contribution in [0, 0.1) is 26.8 Å². The first-order valence-electron chi connectivity index (χ1n) is 3.60. The second-order valence-corrected chi connectivity index (χ2v) is 2.78. The molecule has 0 saturated heterocycles.